The minimum atomic E-state index is 0.679. The number of hydrogen-bond donors (Lipinski definition) is 1. The normalized spacial score (nSPS) is 12.1. The van der Waals surface area contributed by atoms with Gasteiger partial charge in [-0.3, -0.25) is 9.97 Å². The number of aromatic nitrogens is 2. The van der Waals surface area contributed by atoms with Crippen LogP contribution in [0.25, 0.3) is 10.9 Å². The predicted molar refractivity (Wildman–Crippen MR) is 75.9 cm³/mol. The summed E-state index contributed by atoms with van der Waals surface area (Å²) < 4.78 is 11.3. The van der Waals surface area contributed by atoms with E-state index in [1.54, 1.807) is 25.7 Å². The van der Waals surface area contributed by atoms with Crippen LogP contribution < -0.4 is 14.8 Å². The quantitative estimate of drug-likeness (QED) is 0.571. The fourth-order valence-electron chi connectivity index (χ4n) is 2.35. The summed E-state index contributed by atoms with van der Waals surface area (Å²) >= 11 is 0. The van der Waals surface area contributed by atoms with Gasteiger partial charge in [-0.05, 0) is 12.1 Å². The zero-order valence-corrected chi connectivity index (χ0v) is 10.8. The molecule has 0 fully saturated rings. The van der Waals surface area contributed by atoms with Crippen molar-refractivity contribution in [1.29, 1.82) is 0 Å². The van der Waals surface area contributed by atoms with Gasteiger partial charge in [0.15, 0.2) is 5.75 Å². The van der Waals surface area contributed by atoms with Gasteiger partial charge >= 0.3 is 0 Å². The molecule has 0 aliphatic carbocycles. The van der Waals surface area contributed by atoms with Crippen molar-refractivity contribution in [1.82, 2.24) is 9.97 Å². The molecule has 0 bridgehead atoms. The zero-order chi connectivity index (χ0) is 13.5. The van der Waals surface area contributed by atoms with Crippen molar-refractivity contribution in [2.24, 2.45) is 0 Å². The summed E-state index contributed by atoms with van der Waals surface area (Å²) in [6.07, 6.45) is 5.18. The number of nitrogens with zero attached hydrogens (tertiary/aromatic N) is 2. The van der Waals surface area contributed by atoms with Crippen molar-refractivity contribution in [3.05, 3.63) is 42.9 Å². The van der Waals surface area contributed by atoms with Crippen molar-refractivity contribution in [3.63, 3.8) is 0 Å². The molecule has 1 aromatic carbocycles. The van der Waals surface area contributed by atoms with Crippen LogP contribution in [-0.2, 0) is 0 Å². The van der Waals surface area contributed by atoms with Crippen LogP contribution in [0.1, 0.15) is 0 Å². The fourth-order valence-corrected chi connectivity index (χ4v) is 2.35. The second-order valence-electron chi connectivity index (χ2n) is 4.48. The molecule has 4 rings (SSSR count). The van der Waals surface area contributed by atoms with Crippen molar-refractivity contribution < 1.29 is 9.47 Å². The van der Waals surface area contributed by atoms with Gasteiger partial charge in [0.25, 0.3) is 0 Å². The molecule has 2 aromatic heterocycles. The van der Waals surface area contributed by atoms with Gasteiger partial charge in [-0.1, -0.05) is 0 Å². The molecule has 0 saturated heterocycles. The third-order valence-electron chi connectivity index (χ3n) is 3.29. The maximum absolute atomic E-state index is 5.97. The van der Waals surface area contributed by atoms with Crippen LogP contribution in [0.15, 0.2) is 42.9 Å². The van der Waals surface area contributed by atoms with Crippen LogP contribution in [0.3, 0.4) is 0 Å². The second kappa shape index (κ2) is 4.09. The van der Waals surface area contributed by atoms with E-state index in [2.05, 4.69) is 15.3 Å². The minimum absolute atomic E-state index is 0.679. The molecule has 1 aliphatic rings. The van der Waals surface area contributed by atoms with Gasteiger partial charge in [0, 0.05) is 24.5 Å². The average Bonchev–Trinajstić information content (AvgIpc) is 2.64. The van der Waals surface area contributed by atoms with E-state index in [4.69, 9.17) is 9.47 Å². The standard InChI is InChI=1S/C15H11N3O2/c1-19-9-6-12-15-11(3-5-17-12)18-10-2-4-16-8-14(10)20-13(15)7-9/h2-8,18H,1H3. The number of fused-ring (bicyclic) bond motifs is 1. The number of hydrogen-bond acceptors (Lipinski definition) is 5. The topological polar surface area (TPSA) is 56.3 Å². The maximum Gasteiger partial charge on any atom is 0.169 e. The molecule has 0 unspecified atom stereocenters. The molecule has 98 valence electrons. The number of rotatable bonds is 1. The summed E-state index contributed by atoms with van der Waals surface area (Å²) in [4.78, 5) is 8.48. The molecule has 5 heteroatoms. The molecule has 5 nitrogen and oxygen atoms in total. The lowest BCUT2D eigenvalue weighted by Crippen LogP contribution is -1.91. The molecule has 20 heavy (non-hydrogen) atoms. The van der Waals surface area contributed by atoms with E-state index in [1.807, 2.05) is 24.3 Å². The van der Waals surface area contributed by atoms with E-state index in [0.29, 0.717) is 17.2 Å². The highest BCUT2D eigenvalue weighted by Gasteiger charge is 2.18. The fraction of sp³-hybridized carbons (Fsp3) is 0.0667. The Morgan fingerprint density at radius 1 is 1.10 bits per heavy atom. The first-order valence-electron chi connectivity index (χ1n) is 6.21. The predicted octanol–water partition coefficient (Wildman–Crippen LogP) is 3.49. The van der Waals surface area contributed by atoms with Crippen LogP contribution in [0.5, 0.6) is 17.2 Å². The summed E-state index contributed by atoms with van der Waals surface area (Å²) in [5, 5.41) is 4.29. The Morgan fingerprint density at radius 2 is 2.00 bits per heavy atom. The molecule has 0 atom stereocenters. The highest BCUT2D eigenvalue weighted by atomic mass is 16.5. The van der Waals surface area contributed by atoms with Gasteiger partial charge in [0.05, 0.1) is 35.6 Å². The lowest BCUT2D eigenvalue weighted by Gasteiger charge is -2.09. The highest BCUT2D eigenvalue weighted by Crippen LogP contribution is 2.43. The van der Waals surface area contributed by atoms with Gasteiger partial charge < -0.3 is 14.8 Å². The lowest BCUT2D eigenvalue weighted by atomic mass is 10.1. The van der Waals surface area contributed by atoms with Crippen molar-refractivity contribution >= 4 is 22.3 Å². The number of anilines is 2. The molecule has 1 N–H and O–H groups in total. The number of ether oxygens (including phenoxy) is 2. The lowest BCUT2D eigenvalue weighted by molar-refractivity contribution is 0.410. The molecule has 3 aromatic rings. The van der Waals surface area contributed by atoms with Crippen LogP contribution in [0.4, 0.5) is 11.4 Å². The van der Waals surface area contributed by atoms with Crippen LogP contribution >= 0.6 is 0 Å². The van der Waals surface area contributed by atoms with Gasteiger partial charge in [-0.25, -0.2) is 0 Å². The summed E-state index contributed by atoms with van der Waals surface area (Å²) in [5.41, 5.74) is 2.66. The van der Waals surface area contributed by atoms with Crippen molar-refractivity contribution in [3.8, 4) is 17.2 Å². The number of nitrogens with one attached hydrogen (secondary N) is 1. The van der Waals surface area contributed by atoms with E-state index in [0.717, 1.165) is 22.3 Å². The van der Waals surface area contributed by atoms with Gasteiger partial charge in [0.1, 0.15) is 11.5 Å². The third kappa shape index (κ3) is 1.56. The van der Waals surface area contributed by atoms with Crippen LogP contribution in [0.2, 0.25) is 0 Å². The molecular formula is C15H11N3O2. The summed E-state index contributed by atoms with van der Waals surface area (Å²) in [6.45, 7) is 0. The van der Waals surface area contributed by atoms with E-state index >= 15 is 0 Å². The molecule has 0 radical (unpaired) electrons. The van der Waals surface area contributed by atoms with Gasteiger partial charge in [-0.2, -0.15) is 0 Å². The number of benzene rings is 1. The Morgan fingerprint density at radius 3 is 2.90 bits per heavy atom. The summed E-state index contributed by atoms with van der Waals surface area (Å²) in [7, 11) is 1.63. The van der Waals surface area contributed by atoms with Crippen molar-refractivity contribution in [2.75, 3.05) is 12.4 Å². The highest BCUT2D eigenvalue weighted by molar-refractivity contribution is 6.00. The first-order valence-corrected chi connectivity index (χ1v) is 6.21. The van der Waals surface area contributed by atoms with Crippen molar-refractivity contribution in [2.45, 2.75) is 0 Å². The Bertz CT molecular complexity index is 817. The second-order valence-corrected chi connectivity index (χ2v) is 4.48. The number of methoxy groups -OCH3 is 1. The monoisotopic (exact) mass is 265 g/mol. The van der Waals surface area contributed by atoms with E-state index in [-0.39, 0.29) is 0 Å². The minimum Gasteiger partial charge on any atom is -0.497 e. The molecule has 0 spiro atoms. The number of pyridine rings is 2. The Hall–Kier alpha value is -2.82. The Labute approximate surface area is 115 Å². The smallest absolute Gasteiger partial charge is 0.169 e. The maximum atomic E-state index is 5.97. The zero-order valence-electron chi connectivity index (χ0n) is 10.8. The Balaban J connectivity index is 2.05. The largest absolute Gasteiger partial charge is 0.497 e. The molecular weight excluding hydrogens is 254 g/mol. The van der Waals surface area contributed by atoms with Crippen LogP contribution in [-0.4, -0.2) is 17.1 Å². The Kier molecular flexibility index (Phi) is 2.26. The molecule has 0 amide bonds. The van der Waals surface area contributed by atoms with E-state index < -0.39 is 0 Å². The SMILES string of the molecule is COc1cc2c3c(ccnc3c1)Nc1ccncc1O2. The molecule has 1 aliphatic heterocycles. The van der Waals surface area contributed by atoms with E-state index in [9.17, 15) is 0 Å². The van der Waals surface area contributed by atoms with Gasteiger partial charge in [0.2, 0.25) is 0 Å². The molecule has 0 saturated carbocycles. The molecule has 3 heterocycles. The summed E-state index contributed by atoms with van der Waals surface area (Å²) in [5.74, 6) is 2.10. The summed E-state index contributed by atoms with van der Waals surface area (Å²) in [6, 6.07) is 7.56. The first-order chi connectivity index (χ1) is 9.85. The van der Waals surface area contributed by atoms with E-state index in [1.165, 1.54) is 0 Å². The third-order valence-corrected chi connectivity index (χ3v) is 3.29. The van der Waals surface area contributed by atoms with Gasteiger partial charge in [-0.15, -0.1) is 0 Å². The van der Waals surface area contributed by atoms with Crippen LogP contribution in [0, 0.1) is 0 Å². The first kappa shape index (κ1) is 11.0. The average molecular weight is 265 g/mol.